The number of nitrogens with one attached hydrogen (secondary N) is 1. The molecule has 1 N–H and O–H groups in total. The number of hydrogen-bond donors (Lipinski definition) is 1. The maximum absolute atomic E-state index is 12.7. The van der Waals surface area contributed by atoms with Crippen molar-refractivity contribution in [3.05, 3.63) is 52.1 Å². The van der Waals surface area contributed by atoms with Crippen molar-refractivity contribution in [2.75, 3.05) is 0 Å². The number of nitrogens with zero attached hydrogens (tertiary/aromatic N) is 2. The molecule has 2 rings (SSSR count). The van der Waals surface area contributed by atoms with Crippen LogP contribution in [-0.2, 0) is 16.6 Å². The standard InChI is InChI=1S/C16H21N3O2S/c1-10-6-11(2)14(5)16(13(10)4)22(20,21)19-8-15-7-12(3)17-9-18-15/h6-7,9,19H,8H2,1-5H3. The van der Waals surface area contributed by atoms with Crippen LogP contribution in [0.4, 0.5) is 0 Å². The van der Waals surface area contributed by atoms with Crippen LogP contribution in [0.15, 0.2) is 23.4 Å². The third-order valence-corrected chi connectivity index (χ3v) is 5.54. The zero-order valence-electron chi connectivity index (χ0n) is 13.6. The molecule has 0 bridgehead atoms. The van der Waals surface area contributed by atoms with E-state index in [2.05, 4.69) is 14.7 Å². The summed E-state index contributed by atoms with van der Waals surface area (Å²) >= 11 is 0. The van der Waals surface area contributed by atoms with Crippen molar-refractivity contribution in [1.29, 1.82) is 0 Å². The molecule has 0 spiro atoms. The lowest BCUT2D eigenvalue weighted by molar-refractivity contribution is 0.578. The minimum atomic E-state index is -3.59. The normalized spacial score (nSPS) is 11.7. The van der Waals surface area contributed by atoms with Gasteiger partial charge in [0.1, 0.15) is 6.33 Å². The highest BCUT2D eigenvalue weighted by Crippen LogP contribution is 2.25. The molecule has 0 saturated carbocycles. The summed E-state index contributed by atoms with van der Waals surface area (Å²) in [5.41, 5.74) is 4.98. The molecule has 5 nitrogen and oxygen atoms in total. The predicted octanol–water partition coefficient (Wildman–Crippen LogP) is 2.50. The molecular weight excluding hydrogens is 298 g/mol. The van der Waals surface area contributed by atoms with E-state index in [9.17, 15) is 8.42 Å². The lowest BCUT2D eigenvalue weighted by Gasteiger charge is -2.16. The molecule has 1 aromatic carbocycles. The average molecular weight is 319 g/mol. The van der Waals surface area contributed by atoms with Crippen LogP contribution in [0.5, 0.6) is 0 Å². The third-order valence-electron chi connectivity index (χ3n) is 3.87. The lowest BCUT2D eigenvalue weighted by atomic mass is 10.0. The van der Waals surface area contributed by atoms with E-state index < -0.39 is 10.0 Å². The van der Waals surface area contributed by atoms with Gasteiger partial charge in [0.2, 0.25) is 10.0 Å². The number of aromatic nitrogens is 2. The summed E-state index contributed by atoms with van der Waals surface area (Å²) in [7, 11) is -3.59. The van der Waals surface area contributed by atoms with Gasteiger partial charge in [0.15, 0.2) is 0 Å². The van der Waals surface area contributed by atoms with Crippen LogP contribution in [0.3, 0.4) is 0 Å². The maximum Gasteiger partial charge on any atom is 0.241 e. The molecule has 22 heavy (non-hydrogen) atoms. The first-order valence-corrected chi connectivity index (χ1v) is 8.55. The summed E-state index contributed by atoms with van der Waals surface area (Å²) in [6, 6.07) is 3.78. The van der Waals surface area contributed by atoms with Gasteiger partial charge in [-0.1, -0.05) is 6.07 Å². The third kappa shape index (κ3) is 3.34. The molecule has 6 heteroatoms. The van der Waals surface area contributed by atoms with Crippen molar-refractivity contribution >= 4 is 10.0 Å². The van der Waals surface area contributed by atoms with Crippen LogP contribution in [0.2, 0.25) is 0 Å². The molecular formula is C16H21N3O2S. The Morgan fingerprint density at radius 1 is 0.955 bits per heavy atom. The zero-order chi connectivity index (χ0) is 16.5. The molecule has 0 aliphatic carbocycles. The Hall–Kier alpha value is -1.79. The molecule has 0 atom stereocenters. The monoisotopic (exact) mass is 319 g/mol. The van der Waals surface area contributed by atoms with E-state index in [4.69, 9.17) is 0 Å². The summed E-state index contributed by atoms with van der Waals surface area (Å²) < 4.78 is 28.0. The topological polar surface area (TPSA) is 72.0 Å². The molecule has 0 radical (unpaired) electrons. The quantitative estimate of drug-likeness (QED) is 0.940. The molecule has 0 aliphatic heterocycles. The highest BCUT2D eigenvalue weighted by molar-refractivity contribution is 7.89. The number of benzene rings is 1. The van der Waals surface area contributed by atoms with Gasteiger partial charge < -0.3 is 0 Å². The van der Waals surface area contributed by atoms with Crippen LogP contribution in [0.25, 0.3) is 0 Å². The number of hydrogen-bond acceptors (Lipinski definition) is 4. The van der Waals surface area contributed by atoms with Crippen molar-refractivity contribution < 1.29 is 8.42 Å². The number of sulfonamides is 1. The summed E-state index contributed by atoms with van der Waals surface area (Å²) in [6.07, 6.45) is 1.44. The minimum Gasteiger partial charge on any atom is -0.242 e. The van der Waals surface area contributed by atoms with Crippen molar-refractivity contribution in [3.8, 4) is 0 Å². The number of rotatable bonds is 4. The first-order chi connectivity index (χ1) is 10.2. The zero-order valence-corrected chi connectivity index (χ0v) is 14.4. The predicted molar refractivity (Wildman–Crippen MR) is 86.2 cm³/mol. The average Bonchev–Trinajstić information content (AvgIpc) is 2.43. The van der Waals surface area contributed by atoms with Crippen molar-refractivity contribution in [2.45, 2.75) is 46.1 Å². The summed E-state index contributed by atoms with van der Waals surface area (Å²) in [6.45, 7) is 9.52. The molecule has 0 aliphatic rings. The second kappa shape index (κ2) is 6.14. The van der Waals surface area contributed by atoms with Gasteiger partial charge in [-0.25, -0.2) is 23.1 Å². The van der Waals surface area contributed by atoms with Gasteiger partial charge in [0, 0.05) is 5.69 Å². The molecule has 0 saturated heterocycles. The van der Waals surface area contributed by atoms with Gasteiger partial charge in [0.25, 0.3) is 0 Å². The van der Waals surface area contributed by atoms with E-state index in [1.807, 2.05) is 40.7 Å². The smallest absolute Gasteiger partial charge is 0.241 e. The largest absolute Gasteiger partial charge is 0.242 e. The van der Waals surface area contributed by atoms with E-state index in [-0.39, 0.29) is 6.54 Å². The molecule has 1 heterocycles. The van der Waals surface area contributed by atoms with Crippen LogP contribution >= 0.6 is 0 Å². The lowest BCUT2D eigenvalue weighted by Crippen LogP contribution is -2.26. The van der Waals surface area contributed by atoms with Crippen molar-refractivity contribution in [2.24, 2.45) is 0 Å². The van der Waals surface area contributed by atoms with Gasteiger partial charge in [-0.3, -0.25) is 0 Å². The summed E-state index contributed by atoms with van der Waals surface area (Å²) in [5.74, 6) is 0. The van der Waals surface area contributed by atoms with Gasteiger partial charge >= 0.3 is 0 Å². The van der Waals surface area contributed by atoms with Gasteiger partial charge in [-0.15, -0.1) is 0 Å². The second-order valence-corrected chi connectivity index (χ2v) is 7.27. The Labute approximate surface area is 131 Å². The maximum atomic E-state index is 12.7. The van der Waals surface area contributed by atoms with Gasteiger partial charge in [-0.05, 0) is 62.9 Å². The molecule has 0 amide bonds. The fraction of sp³-hybridized carbons (Fsp3) is 0.375. The van der Waals surface area contributed by atoms with Gasteiger partial charge in [-0.2, -0.15) is 0 Å². The minimum absolute atomic E-state index is 0.150. The van der Waals surface area contributed by atoms with Crippen LogP contribution in [-0.4, -0.2) is 18.4 Å². The molecule has 118 valence electrons. The SMILES string of the molecule is Cc1cc(CNS(=O)(=O)c2c(C)c(C)cc(C)c2C)ncn1. The van der Waals surface area contributed by atoms with Gasteiger partial charge in [0.05, 0.1) is 17.1 Å². The van der Waals surface area contributed by atoms with Crippen LogP contribution in [0, 0.1) is 34.6 Å². The first kappa shape index (κ1) is 16.6. The van der Waals surface area contributed by atoms with Crippen molar-refractivity contribution in [3.63, 3.8) is 0 Å². The Morgan fingerprint density at radius 2 is 1.55 bits per heavy atom. The van der Waals surface area contributed by atoms with Crippen LogP contribution < -0.4 is 4.72 Å². The molecule has 1 aromatic heterocycles. The van der Waals surface area contributed by atoms with E-state index in [1.165, 1.54) is 6.33 Å². The highest BCUT2D eigenvalue weighted by Gasteiger charge is 2.21. The molecule has 2 aromatic rings. The summed E-state index contributed by atoms with van der Waals surface area (Å²) in [5, 5.41) is 0. The fourth-order valence-electron chi connectivity index (χ4n) is 2.43. The van der Waals surface area contributed by atoms with Crippen molar-refractivity contribution in [1.82, 2.24) is 14.7 Å². The van der Waals surface area contributed by atoms with E-state index in [0.717, 1.165) is 27.9 Å². The Kier molecular flexibility index (Phi) is 4.63. The second-order valence-electron chi connectivity index (χ2n) is 5.56. The molecule has 0 fully saturated rings. The fourth-order valence-corrected chi connectivity index (χ4v) is 4.04. The Balaban J connectivity index is 2.36. The van der Waals surface area contributed by atoms with E-state index >= 15 is 0 Å². The Morgan fingerprint density at radius 3 is 2.09 bits per heavy atom. The number of aryl methyl sites for hydroxylation is 3. The first-order valence-electron chi connectivity index (χ1n) is 7.07. The Bertz CT molecular complexity index is 788. The van der Waals surface area contributed by atoms with E-state index in [0.29, 0.717) is 10.6 Å². The highest BCUT2D eigenvalue weighted by atomic mass is 32.2. The summed E-state index contributed by atoms with van der Waals surface area (Å²) in [4.78, 5) is 8.45. The van der Waals surface area contributed by atoms with E-state index in [1.54, 1.807) is 6.07 Å². The van der Waals surface area contributed by atoms with Crippen LogP contribution in [0.1, 0.15) is 33.6 Å². The molecule has 0 unspecified atom stereocenters.